The molecule has 0 spiro atoms. The minimum atomic E-state index is 0.537. The zero-order chi connectivity index (χ0) is 13.4. The van der Waals surface area contributed by atoms with Gasteiger partial charge < -0.3 is 10.6 Å². The van der Waals surface area contributed by atoms with Crippen LogP contribution in [0.2, 0.25) is 0 Å². The summed E-state index contributed by atoms with van der Waals surface area (Å²) >= 11 is 0. The summed E-state index contributed by atoms with van der Waals surface area (Å²) in [6.45, 7) is 5.02. The molecule has 2 N–H and O–H groups in total. The molecule has 2 atom stereocenters. The van der Waals surface area contributed by atoms with Gasteiger partial charge in [-0.15, -0.1) is 0 Å². The number of hydrogen-bond acceptors (Lipinski definition) is 5. The molecule has 0 bridgehead atoms. The molecular weight excluding hydrogens is 240 g/mol. The molecule has 0 saturated carbocycles. The third-order valence-electron chi connectivity index (χ3n) is 4.22. The molecule has 1 fully saturated rings. The Balaban J connectivity index is 1.96. The van der Waals surface area contributed by atoms with E-state index in [1.54, 1.807) is 11.0 Å². The molecule has 0 aromatic carbocycles. The van der Waals surface area contributed by atoms with Crippen LogP contribution in [0.1, 0.15) is 13.3 Å². The number of aromatic nitrogens is 4. The van der Waals surface area contributed by atoms with E-state index in [9.17, 15) is 0 Å². The van der Waals surface area contributed by atoms with Gasteiger partial charge in [0.15, 0.2) is 5.65 Å². The number of aryl methyl sites for hydroxylation is 1. The molecule has 0 aliphatic carbocycles. The maximum atomic E-state index is 5.87. The van der Waals surface area contributed by atoms with Gasteiger partial charge in [0, 0.05) is 20.1 Å². The third-order valence-corrected chi connectivity index (χ3v) is 4.22. The van der Waals surface area contributed by atoms with Crippen LogP contribution in [0.15, 0.2) is 12.5 Å². The SMILES string of the molecule is CC1CCN(c2ncnc3c2cnn3C)CC1CN. The fourth-order valence-corrected chi connectivity index (χ4v) is 2.85. The summed E-state index contributed by atoms with van der Waals surface area (Å²) in [6, 6.07) is 0. The van der Waals surface area contributed by atoms with Crippen LogP contribution < -0.4 is 10.6 Å². The van der Waals surface area contributed by atoms with Crippen molar-refractivity contribution in [2.24, 2.45) is 24.6 Å². The minimum absolute atomic E-state index is 0.537. The lowest BCUT2D eigenvalue weighted by Gasteiger charge is -2.37. The third kappa shape index (κ3) is 2.06. The Labute approximate surface area is 112 Å². The molecule has 1 aliphatic heterocycles. The standard InChI is InChI=1S/C13H20N6/c1-9-3-4-19(7-10(9)5-14)13-11-6-17-18(2)12(11)15-8-16-13/h6,8-10H,3-5,7,14H2,1-2H3. The van der Waals surface area contributed by atoms with Crippen LogP contribution in [0.5, 0.6) is 0 Å². The second-order valence-electron chi connectivity index (χ2n) is 5.41. The van der Waals surface area contributed by atoms with E-state index < -0.39 is 0 Å². The Kier molecular flexibility index (Phi) is 3.10. The molecule has 2 aromatic heterocycles. The number of piperidine rings is 1. The Bertz CT molecular complexity index is 578. The average molecular weight is 260 g/mol. The second kappa shape index (κ2) is 4.77. The molecule has 102 valence electrons. The van der Waals surface area contributed by atoms with Crippen molar-refractivity contribution in [2.75, 3.05) is 24.5 Å². The van der Waals surface area contributed by atoms with Gasteiger partial charge in [-0.2, -0.15) is 5.10 Å². The first-order valence-corrected chi connectivity index (χ1v) is 6.78. The highest BCUT2D eigenvalue weighted by atomic mass is 15.3. The van der Waals surface area contributed by atoms with Gasteiger partial charge in [-0.25, -0.2) is 9.97 Å². The van der Waals surface area contributed by atoms with Crippen LogP contribution in [0.25, 0.3) is 11.0 Å². The second-order valence-corrected chi connectivity index (χ2v) is 5.41. The Morgan fingerprint density at radius 1 is 1.42 bits per heavy atom. The predicted octanol–water partition coefficient (Wildman–Crippen LogP) is 0.784. The van der Waals surface area contributed by atoms with Gasteiger partial charge in [0.25, 0.3) is 0 Å². The van der Waals surface area contributed by atoms with Crippen LogP contribution in [-0.4, -0.2) is 39.4 Å². The maximum Gasteiger partial charge on any atom is 0.163 e. The lowest BCUT2D eigenvalue weighted by molar-refractivity contribution is 0.307. The van der Waals surface area contributed by atoms with Gasteiger partial charge in [-0.1, -0.05) is 6.92 Å². The van der Waals surface area contributed by atoms with Crippen molar-refractivity contribution in [1.29, 1.82) is 0 Å². The van der Waals surface area contributed by atoms with Gasteiger partial charge >= 0.3 is 0 Å². The van der Waals surface area contributed by atoms with Crippen molar-refractivity contribution in [2.45, 2.75) is 13.3 Å². The maximum absolute atomic E-state index is 5.87. The lowest BCUT2D eigenvalue weighted by Crippen LogP contribution is -2.43. The predicted molar refractivity (Wildman–Crippen MR) is 74.8 cm³/mol. The van der Waals surface area contributed by atoms with Crippen molar-refractivity contribution < 1.29 is 0 Å². The molecule has 0 amide bonds. The summed E-state index contributed by atoms with van der Waals surface area (Å²) in [4.78, 5) is 11.1. The van der Waals surface area contributed by atoms with Gasteiger partial charge in [-0.3, -0.25) is 4.68 Å². The minimum Gasteiger partial charge on any atom is -0.356 e. The molecule has 2 aromatic rings. The molecule has 6 nitrogen and oxygen atoms in total. The van der Waals surface area contributed by atoms with Crippen molar-refractivity contribution in [3.05, 3.63) is 12.5 Å². The van der Waals surface area contributed by atoms with E-state index in [-0.39, 0.29) is 0 Å². The monoisotopic (exact) mass is 260 g/mol. The molecular formula is C13H20N6. The van der Waals surface area contributed by atoms with E-state index >= 15 is 0 Å². The van der Waals surface area contributed by atoms with E-state index in [4.69, 9.17) is 5.73 Å². The summed E-state index contributed by atoms with van der Waals surface area (Å²) in [5.41, 5.74) is 6.76. The Morgan fingerprint density at radius 2 is 2.26 bits per heavy atom. The summed E-state index contributed by atoms with van der Waals surface area (Å²) in [6.07, 6.45) is 4.63. The van der Waals surface area contributed by atoms with Gasteiger partial charge in [0.05, 0.1) is 11.6 Å². The molecule has 6 heteroatoms. The van der Waals surface area contributed by atoms with Gasteiger partial charge in [0.2, 0.25) is 0 Å². The first-order chi connectivity index (χ1) is 9.20. The number of nitrogens with two attached hydrogens (primary N) is 1. The molecule has 3 heterocycles. The lowest BCUT2D eigenvalue weighted by atomic mass is 9.87. The van der Waals surface area contributed by atoms with Crippen molar-refractivity contribution >= 4 is 16.9 Å². The fraction of sp³-hybridized carbons (Fsp3) is 0.615. The van der Waals surface area contributed by atoms with Gasteiger partial charge in [0.1, 0.15) is 12.1 Å². The quantitative estimate of drug-likeness (QED) is 0.864. The van der Waals surface area contributed by atoms with Crippen molar-refractivity contribution in [3.63, 3.8) is 0 Å². The highest BCUT2D eigenvalue weighted by Gasteiger charge is 2.27. The summed E-state index contributed by atoms with van der Waals surface area (Å²) in [7, 11) is 1.90. The molecule has 0 radical (unpaired) electrons. The first kappa shape index (κ1) is 12.3. The van der Waals surface area contributed by atoms with E-state index in [1.165, 1.54) is 0 Å². The Morgan fingerprint density at radius 3 is 3.05 bits per heavy atom. The summed E-state index contributed by atoms with van der Waals surface area (Å²) in [5, 5.41) is 5.29. The molecule has 1 saturated heterocycles. The van der Waals surface area contributed by atoms with Crippen molar-refractivity contribution in [1.82, 2.24) is 19.7 Å². The van der Waals surface area contributed by atoms with Crippen molar-refractivity contribution in [3.8, 4) is 0 Å². The normalized spacial score (nSPS) is 24.1. The fourth-order valence-electron chi connectivity index (χ4n) is 2.85. The zero-order valence-corrected chi connectivity index (χ0v) is 11.5. The highest BCUT2D eigenvalue weighted by Crippen LogP contribution is 2.29. The number of nitrogens with zero attached hydrogens (tertiary/aromatic N) is 5. The smallest absolute Gasteiger partial charge is 0.163 e. The van der Waals surface area contributed by atoms with Crippen LogP contribution >= 0.6 is 0 Å². The van der Waals surface area contributed by atoms with Crippen LogP contribution in [0, 0.1) is 11.8 Å². The van der Waals surface area contributed by atoms with E-state index in [0.29, 0.717) is 11.8 Å². The zero-order valence-electron chi connectivity index (χ0n) is 11.5. The molecule has 2 unspecified atom stereocenters. The molecule has 3 rings (SSSR count). The van der Waals surface area contributed by atoms with Crippen LogP contribution in [0.4, 0.5) is 5.82 Å². The summed E-state index contributed by atoms with van der Waals surface area (Å²) < 4.78 is 1.79. The molecule has 19 heavy (non-hydrogen) atoms. The van der Waals surface area contributed by atoms with Gasteiger partial charge in [-0.05, 0) is 24.8 Å². The number of rotatable bonds is 2. The number of fused-ring (bicyclic) bond motifs is 1. The Hall–Kier alpha value is -1.69. The number of hydrogen-bond donors (Lipinski definition) is 1. The van der Waals surface area contributed by atoms with E-state index in [1.807, 2.05) is 13.2 Å². The first-order valence-electron chi connectivity index (χ1n) is 6.78. The van der Waals surface area contributed by atoms with Crippen LogP contribution in [-0.2, 0) is 7.05 Å². The van der Waals surface area contributed by atoms with E-state index in [2.05, 4.69) is 26.9 Å². The number of anilines is 1. The largest absolute Gasteiger partial charge is 0.356 e. The van der Waals surface area contributed by atoms with Crippen LogP contribution in [0.3, 0.4) is 0 Å². The topological polar surface area (TPSA) is 72.9 Å². The highest BCUT2D eigenvalue weighted by molar-refractivity contribution is 5.86. The molecule has 1 aliphatic rings. The van der Waals surface area contributed by atoms with E-state index in [0.717, 1.165) is 42.9 Å². The average Bonchev–Trinajstić information content (AvgIpc) is 2.81. The summed E-state index contributed by atoms with van der Waals surface area (Å²) in [5.74, 6) is 2.21.